The number of benzene rings is 1. The van der Waals surface area contributed by atoms with E-state index in [4.69, 9.17) is 5.73 Å². The third kappa shape index (κ3) is 1.40. The molecule has 1 aromatic carbocycles. The molecule has 0 fully saturated rings. The van der Waals surface area contributed by atoms with Crippen LogP contribution in [0.3, 0.4) is 0 Å². The van der Waals surface area contributed by atoms with Gasteiger partial charge in [-0.05, 0) is 24.3 Å². The van der Waals surface area contributed by atoms with E-state index in [2.05, 4.69) is 23.2 Å². The monoisotopic (exact) mass is 253 g/mol. The smallest absolute Gasteiger partial charge is 0.323 e. The number of hydrazone groups is 1. The van der Waals surface area contributed by atoms with Crippen LogP contribution in [0.1, 0.15) is 21.6 Å². The van der Waals surface area contributed by atoms with Crippen molar-refractivity contribution in [2.45, 2.75) is 0 Å². The van der Waals surface area contributed by atoms with Gasteiger partial charge in [0.25, 0.3) is 5.91 Å². The van der Waals surface area contributed by atoms with Crippen LogP contribution in [0, 0.1) is 6.07 Å². The SMILES string of the molecule is C=Cc1c2c3c(c[c]cc3n1C(N)=O)C(=O)NN=C2. The molecule has 19 heavy (non-hydrogen) atoms. The first kappa shape index (κ1) is 11.2. The molecular formula is C13H9N4O2. The van der Waals surface area contributed by atoms with Crippen molar-refractivity contribution < 1.29 is 9.59 Å². The Morgan fingerprint density at radius 3 is 3.00 bits per heavy atom. The van der Waals surface area contributed by atoms with Crippen LogP contribution in [0.4, 0.5) is 4.79 Å². The Balaban J connectivity index is 2.58. The maximum Gasteiger partial charge on any atom is 0.323 e. The summed E-state index contributed by atoms with van der Waals surface area (Å²) >= 11 is 0. The molecule has 2 amide bonds. The Morgan fingerprint density at radius 2 is 2.32 bits per heavy atom. The van der Waals surface area contributed by atoms with Gasteiger partial charge in [0, 0.05) is 10.9 Å². The van der Waals surface area contributed by atoms with Gasteiger partial charge >= 0.3 is 6.03 Å². The fourth-order valence-electron chi connectivity index (χ4n) is 2.29. The van der Waals surface area contributed by atoms with Gasteiger partial charge in [-0.1, -0.05) is 6.58 Å². The van der Waals surface area contributed by atoms with Crippen molar-refractivity contribution >= 4 is 35.1 Å². The van der Waals surface area contributed by atoms with Gasteiger partial charge in [0.1, 0.15) is 0 Å². The van der Waals surface area contributed by atoms with Crippen molar-refractivity contribution in [2.24, 2.45) is 10.8 Å². The first-order valence-corrected chi connectivity index (χ1v) is 5.49. The third-order valence-corrected chi connectivity index (χ3v) is 3.02. The largest absolute Gasteiger partial charge is 0.351 e. The summed E-state index contributed by atoms with van der Waals surface area (Å²) in [5.74, 6) is -0.353. The Labute approximate surface area is 108 Å². The normalized spacial score (nSPS) is 13.2. The Kier molecular flexibility index (Phi) is 2.25. The van der Waals surface area contributed by atoms with E-state index in [1.807, 2.05) is 0 Å². The molecule has 3 N–H and O–H groups in total. The summed E-state index contributed by atoms with van der Waals surface area (Å²) in [6, 6.07) is 5.33. The summed E-state index contributed by atoms with van der Waals surface area (Å²) in [6.07, 6.45) is 2.98. The molecule has 0 atom stereocenters. The zero-order valence-electron chi connectivity index (χ0n) is 9.80. The lowest BCUT2D eigenvalue weighted by Gasteiger charge is -2.03. The molecule has 93 valence electrons. The van der Waals surface area contributed by atoms with Crippen molar-refractivity contribution in [1.82, 2.24) is 9.99 Å². The summed E-state index contributed by atoms with van der Waals surface area (Å²) in [5.41, 5.74) is 9.82. The molecule has 1 aliphatic heterocycles. The summed E-state index contributed by atoms with van der Waals surface area (Å²) < 4.78 is 1.29. The Hall–Kier alpha value is -2.89. The zero-order chi connectivity index (χ0) is 13.6. The highest BCUT2D eigenvalue weighted by Gasteiger charge is 2.23. The summed E-state index contributed by atoms with van der Waals surface area (Å²) in [6.45, 7) is 3.68. The van der Waals surface area contributed by atoms with Crippen LogP contribution in [0.5, 0.6) is 0 Å². The van der Waals surface area contributed by atoms with E-state index in [1.54, 1.807) is 12.1 Å². The molecule has 1 aromatic heterocycles. The van der Waals surface area contributed by atoms with E-state index in [-0.39, 0.29) is 5.91 Å². The van der Waals surface area contributed by atoms with E-state index in [9.17, 15) is 9.59 Å². The molecule has 1 radical (unpaired) electrons. The number of nitrogens with zero attached hydrogens (tertiary/aromatic N) is 2. The van der Waals surface area contributed by atoms with Crippen LogP contribution < -0.4 is 11.2 Å². The summed E-state index contributed by atoms with van der Waals surface area (Å²) in [5, 5.41) is 4.44. The number of carbonyl (C=O) groups is 2. The lowest BCUT2D eigenvalue weighted by atomic mass is 10.1. The van der Waals surface area contributed by atoms with Crippen LogP contribution in [0.25, 0.3) is 17.0 Å². The number of hydrogen-bond donors (Lipinski definition) is 2. The van der Waals surface area contributed by atoms with Gasteiger partial charge in [-0.3, -0.25) is 9.36 Å². The van der Waals surface area contributed by atoms with Gasteiger partial charge in [0.15, 0.2) is 0 Å². The van der Waals surface area contributed by atoms with E-state index in [0.29, 0.717) is 27.7 Å². The predicted molar refractivity (Wildman–Crippen MR) is 70.9 cm³/mol. The first-order chi connectivity index (χ1) is 9.15. The second-order valence-corrected chi connectivity index (χ2v) is 4.01. The number of primary amides is 1. The standard InChI is InChI=1S/C13H9N4O2/c1-2-9-8-6-15-16-12(18)7-4-3-5-10(11(7)8)17(9)13(14)19/h2,4-6H,1H2,(H2,14,19)(H,16,18). The number of nitrogens with one attached hydrogen (secondary N) is 1. The van der Waals surface area contributed by atoms with Crippen molar-refractivity contribution in [2.75, 3.05) is 0 Å². The average Bonchev–Trinajstić information content (AvgIpc) is 2.62. The number of carbonyl (C=O) groups excluding carboxylic acids is 2. The second kappa shape index (κ2) is 3.81. The molecule has 2 heterocycles. The molecule has 6 nitrogen and oxygen atoms in total. The summed E-state index contributed by atoms with van der Waals surface area (Å²) in [4.78, 5) is 23.5. The Morgan fingerprint density at radius 1 is 1.53 bits per heavy atom. The second-order valence-electron chi connectivity index (χ2n) is 4.01. The van der Waals surface area contributed by atoms with Crippen LogP contribution in [-0.2, 0) is 0 Å². The van der Waals surface area contributed by atoms with Crippen LogP contribution in [-0.4, -0.2) is 22.7 Å². The quantitative estimate of drug-likeness (QED) is 0.796. The van der Waals surface area contributed by atoms with Crippen molar-refractivity contribution in [3.8, 4) is 0 Å². The molecule has 0 saturated heterocycles. The number of hydrogen-bond acceptors (Lipinski definition) is 3. The molecule has 0 aliphatic carbocycles. The molecular weight excluding hydrogens is 244 g/mol. The van der Waals surface area contributed by atoms with Gasteiger partial charge in [-0.25, -0.2) is 10.2 Å². The lowest BCUT2D eigenvalue weighted by molar-refractivity contribution is 0.0957. The van der Waals surface area contributed by atoms with E-state index < -0.39 is 6.03 Å². The minimum atomic E-state index is -0.647. The molecule has 0 saturated carbocycles. The molecule has 0 spiro atoms. The van der Waals surface area contributed by atoms with Crippen LogP contribution in [0.15, 0.2) is 23.8 Å². The van der Waals surface area contributed by atoms with Gasteiger partial charge < -0.3 is 5.73 Å². The minimum Gasteiger partial charge on any atom is -0.351 e. The fraction of sp³-hybridized carbons (Fsp3) is 0. The molecule has 3 rings (SSSR count). The van der Waals surface area contributed by atoms with E-state index >= 15 is 0 Å². The molecule has 6 heteroatoms. The maximum absolute atomic E-state index is 11.9. The molecule has 0 unspecified atom stereocenters. The van der Waals surface area contributed by atoms with Gasteiger partial charge in [0.05, 0.1) is 23.0 Å². The highest BCUT2D eigenvalue weighted by atomic mass is 16.2. The van der Waals surface area contributed by atoms with E-state index in [1.165, 1.54) is 16.9 Å². The van der Waals surface area contributed by atoms with Crippen molar-refractivity contribution in [1.29, 1.82) is 0 Å². The fourth-order valence-corrected chi connectivity index (χ4v) is 2.29. The summed E-state index contributed by atoms with van der Waals surface area (Å²) in [7, 11) is 0. The van der Waals surface area contributed by atoms with Gasteiger partial charge in [-0.2, -0.15) is 5.10 Å². The first-order valence-electron chi connectivity index (χ1n) is 5.49. The molecule has 0 bridgehead atoms. The topological polar surface area (TPSA) is 89.5 Å². The van der Waals surface area contributed by atoms with Gasteiger partial charge in [-0.15, -0.1) is 0 Å². The highest BCUT2D eigenvalue weighted by molar-refractivity contribution is 6.17. The van der Waals surface area contributed by atoms with Crippen molar-refractivity contribution in [3.05, 3.63) is 41.6 Å². The molecule has 1 aliphatic rings. The number of aromatic nitrogens is 1. The van der Waals surface area contributed by atoms with Crippen molar-refractivity contribution in [3.63, 3.8) is 0 Å². The van der Waals surface area contributed by atoms with E-state index in [0.717, 1.165) is 0 Å². The van der Waals surface area contributed by atoms with Crippen LogP contribution in [0.2, 0.25) is 0 Å². The Bertz CT molecular complexity index is 771. The third-order valence-electron chi connectivity index (χ3n) is 3.02. The minimum absolute atomic E-state index is 0.353. The lowest BCUT2D eigenvalue weighted by Crippen LogP contribution is -2.21. The number of rotatable bonds is 1. The number of nitrogens with two attached hydrogens (primary N) is 1. The van der Waals surface area contributed by atoms with Gasteiger partial charge in [0.2, 0.25) is 0 Å². The average molecular weight is 253 g/mol. The molecule has 2 aromatic rings. The highest BCUT2D eigenvalue weighted by Crippen LogP contribution is 2.29. The zero-order valence-corrected chi connectivity index (χ0v) is 9.80. The predicted octanol–water partition coefficient (Wildman–Crippen LogP) is 1.09. The number of amides is 2. The maximum atomic E-state index is 11.9. The van der Waals surface area contributed by atoms with Crippen LogP contribution >= 0.6 is 0 Å².